The van der Waals surface area contributed by atoms with Crippen molar-refractivity contribution in [1.29, 1.82) is 0 Å². The summed E-state index contributed by atoms with van der Waals surface area (Å²) in [4.78, 5) is 69.0. The molecule has 0 radical (unpaired) electrons. The van der Waals surface area contributed by atoms with Crippen molar-refractivity contribution in [2.75, 3.05) is 53.6 Å². The molecule has 2 aromatic carbocycles. The molecule has 1 heterocycles. The highest BCUT2D eigenvalue weighted by Gasteiger charge is 2.35. The third kappa shape index (κ3) is 16.1. The predicted molar refractivity (Wildman–Crippen MR) is 223 cm³/mol. The summed E-state index contributed by atoms with van der Waals surface area (Å²) in [5.74, 6) is -1.77. The van der Waals surface area contributed by atoms with Crippen LogP contribution in [0.15, 0.2) is 54.6 Å². The molecule has 1 aliphatic carbocycles. The van der Waals surface area contributed by atoms with Crippen LogP contribution in [0.4, 0.5) is 9.59 Å². The van der Waals surface area contributed by atoms with Crippen molar-refractivity contribution < 1.29 is 42.9 Å². The molecule has 0 aromatic heterocycles. The fourth-order valence-electron chi connectivity index (χ4n) is 7.55. The van der Waals surface area contributed by atoms with Gasteiger partial charge in [-0.05, 0) is 53.7 Å². The van der Waals surface area contributed by atoms with Gasteiger partial charge in [-0.25, -0.2) is 14.6 Å². The Labute approximate surface area is 349 Å². The standard InChI is InChI=1S/C44H66N6O9/c1-30(2)39(46-43(54)56-5)41(52)45-36(25-32-13-9-7-10-14-32)37(59-38(51)26-33-17-19-35(20-18-33)27-49-21-23-58-24-22-49)29-50(28-34-15-11-8-12-16-34)48-42(53)40(31(3)4)47-44(55)57-6/h7,9-10,13-14,17-20,30-31,34,36-37,39-40H,8,11-12,15-16,21-29H2,1-6H3,(H,45,52)(H,46,54)(H,47,55)(H,48,53). The van der Waals surface area contributed by atoms with E-state index in [1.807, 2.05) is 82.3 Å². The van der Waals surface area contributed by atoms with Gasteiger partial charge in [-0.3, -0.25) is 24.7 Å². The molecule has 15 nitrogen and oxygen atoms in total. The van der Waals surface area contributed by atoms with E-state index in [4.69, 9.17) is 18.9 Å². The van der Waals surface area contributed by atoms with Gasteiger partial charge in [0.25, 0.3) is 5.91 Å². The van der Waals surface area contributed by atoms with Gasteiger partial charge in [0, 0.05) is 26.2 Å². The van der Waals surface area contributed by atoms with Gasteiger partial charge in [0.05, 0.1) is 46.4 Å². The average Bonchev–Trinajstić information content (AvgIpc) is 3.22. The van der Waals surface area contributed by atoms with Crippen LogP contribution in [0.5, 0.6) is 0 Å². The second-order valence-corrected chi connectivity index (χ2v) is 16.3. The lowest BCUT2D eigenvalue weighted by atomic mass is 9.89. The number of ether oxygens (including phenoxy) is 4. The number of alkyl carbamates (subject to hydrolysis) is 2. The van der Waals surface area contributed by atoms with Gasteiger partial charge >= 0.3 is 18.2 Å². The number of carbonyl (C=O) groups is 5. The minimum absolute atomic E-state index is 0.0179. The first kappa shape index (κ1) is 47.0. The maximum atomic E-state index is 14.1. The molecule has 4 amide bonds. The van der Waals surface area contributed by atoms with E-state index in [9.17, 15) is 24.0 Å². The van der Waals surface area contributed by atoms with Crippen LogP contribution >= 0.6 is 0 Å². The van der Waals surface area contributed by atoms with Crippen LogP contribution in [0, 0.1) is 17.8 Å². The maximum absolute atomic E-state index is 14.1. The molecule has 2 fully saturated rings. The second-order valence-electron chi connectivity index (χ2n) is 16.3. The Balaban J connectivity index is 1.68. The number of esters is 1. The molecular weight excluding hydrogens is 757 g/mol. The van der Waals surface area contributed by atoms with Gasteiger partial charge < -0.3 is 34.9 Å². The number of carbonyl (C=O) groups excluding carboxylic acids is 5. The Hall–Kier alpha value is -4.73. The summed E-state index contributed by atoms with van der Waals surface area (Å²) in [6, 6.07) is 14.7. The SMILES string of the molecule is COC(=O)NC(C(=O)NC(Cc1ccccc1)C(CN(CC1CCCCC1)NC(=O)C(NC(=O)OC)C(C)C)OC(=O)Cc1ccc(CN2CCOCC2)cc1)C(C)C. The minimum atomic E-state index is -0.979. The van der Waals surface area contributed by atoms with E-state index in [2.05, 4.69) is 26.3 Å². The molecule has 4 rings (SSSR count). The Morgan fingerprint density at radius 3 is 1.90 bits per heavy atom. The summed E-state index contributed by atoms with van der Waals surface area (Å²) in [7, 11) is 2.47. The Bertz CT molecular complexity index is 1610. The van der Waals surface area contributed by atoms with E-state index in [-0.39, 0.29) is 37.1 Å². The topological polar surface area (TPSA) is 177 Å². The molecule has 326 valence electrons. The third-order valence-corrected chi connectivity index (χ3v) is 10.9. The van der Waals surface area contributed by atoms with Crippen molar-refractivity contribution in [3.05, 3.63) is 71.3 Å². The summed E-state index contributed by atoms with van der Waals surface area (Å²) >= 11 is 0. The molecule has 4 N–H and O–H groups in total. The van der Waals surface area contributed by atoms with Gasteiger partial charge in [0.2, 0.25) is 5.91 Å². The Kier molecular flexibility index (Phi) is 19.4. The molecule has 0 bridgehead atoms. The average molecular weight is 823 g/mol. The van der Waals surface area contributed by atoms with Crippen LogP contribution < -0.4 is 21.4 Å². The van der Waals surface area contributed by atoms with Crippen molar-refractivity contribution >= 4 is 30.0 Å². The van der Waals surface area contributed by atoms with Crippen molar-refractivity contribution in [1.82, 2.24) is 31.3 Å². The fourth-order valence-corrected chi connectivity index (χ4v) is 7.55. The first-order chi connectivity index (χ1) is 28.3. The zero-order valence-electron chi connectivity index (χ0n) is 35.7. The number of amides is 4. The van der Waals surface area contributed by atoms with Crippen LogP contribution in [0.25, 0.3) is 0 Å². The molecule has 2 aromatic rings. The number of benzene rings is 2. The minimum Gasteiger partial charge on any atom is -0.458 e. The number of hydrogen-bond acceptors (Lipinski definition) is 11. The van der Waals surface area contributed by atoms with Gasteiger partial charge in [0.1, 0.15) is 18.2 Å². The molecule has 1 aliphatic heterocycles. The van der Waals surface area contributed by atoms with E-state index >= 15 is 0 Å². The van der Waals surface area contributed by atoms with Crippen LogP contribution in [-0.2, 0) is 52.7 Å². The van der Waals surface area contributed by atoms with Crippen molar-refractivity contribution in [2.45, 2.75) is 103 Å². The number of methoxy groups -OCH3 is 2. The van der Waals surface area contributed by atoms with Crippen molar-refractivity contribution in [2.24, 2.45) is 17.8 Å². The van der Waals surface area contributed by atoms with Crippen molar-refractivity contribution in [3.63, 3.8) is 0 Å². The molecule has 59 heavy (non-hydrogen) atoms. The summed E-state index contributed by atoms with van der Waals surface area (Å²) in [5.41, 5.74) is 5.82. The quantitative estimate of drug-likeness (QED) is 0.0848. The molecule has 1 saturated heterocycles. The normalized spacial score (nSPS) is 17.0. The smallest absolute Gasteiger partial charge is 0.407 e. The maximum Gasteiger partial charge on any atom is 0.407 e. The van der Waals surface area contributed by atoms with Gasteiger partial charge in [-0.1, -0.05) is 102 Å². The predicted octanol–water partition coefficient (Wildman–Crippen LogP) is 4.38. The van der Waals surface area contributed by atoms with Crippen LogP contribution in [0.3, 0.4) is 0 Å². The molecule has 0 spiro atoms. The van der Waals surface area contributed by atoms with Crippen molar-refractivity contribution in [3.8, 4) is 0 Å². The van der Waals surface area contributed by atoms with E-state index in [1.54, 1.807) is 5.01 Å². The van der Waals surface area contributed by atoms with Crippen LogP contribution in [0.2, 0.25) is 0 Å². The number of nitrogens with zero attached hydrogens (tertiary/aromatic N) is 2. The summed E-state index contributed by atoms with van der Waals surface area (Å²) < 4.78 is 21.5. The zero-order valence-corrected chi connectivity index (χ0v) is 35.7. The Morgan fingerprint density at radius 2 is 1.32 bits per heavy atom. The molecule has 2 aliphatic rings. The number of rotatable bonds is 20. The highest BCUT2D eigenvalue weighted by atomic mass is 16.5. The monoisotopic (exact) mass is 822 g/mol. The van der Waals surface area contributed by atoms with Crippen LogP contribution in [0.1, 0.15) is 76.5 Å². The van der Waals surface area contributed by atoms with Gasteiger partial charge in [0.15, 0.2) is 0 Å². The molecular formula is C44H66N6O9. The number of hydrazine groups is 1. The summed E-state index contributed by atoms with van der Waals surface area (Å²) in [6.07, 6.45) is 2.97. The highest BCUT2D eigenvalue weighted by molar-refractivity contribution is 5.86. The van der Waals surface area contributed by atoms with Crippen LogP contribution in [-0.4, -0.2) is 118 Å². The highest BCUT2D eigenvalue weighted by Crippen LogP contribution is 2.25. The molecule has 4 atom stereocenters. The summed E-state index contributed by atoms with van der Waals surface area (Å²) in [5, 5.41) is 10.2. The number of nitrogens with one attached hydrogen (secondary N) is 4. The molecule has 15 heteroatoms. The first-order valence-corrected chi connectivity index (χ1v) is 21.0. The number of hydrogen-bond donors (Lipinski definition) is 4. The third-order valence-electron chi connectivity index (χ3n) is 10.9. The van der Waals surface area contributed by atoms with E-state index in [1.165, 1.54) is 14.2 Å². The summed E-state index contributed by atoms with van der Waals surface area (Å²) in [6.45, 7) is 11.7. The first-order valence-electron chi connectivity index (χ1n) is 21.0. The van der Waals surface area contributed by atoms with E-state index in [0.717, 1.165) is 68.4 Å². The van der Waals surface area contributed by atoms with Gasteiger partial charge in [-0.15, -0.1) is 0 Å². The molecule has 1 saturated carbocycles. The van der Waals surface area contributed by atoms with E-state index < -0.39 is 54.2 Å². The zero-order chi connectivity index (χ0) is 42.7. The van der Waals surface area contributed by atoms with Gasteiger partial charge in [-0.2, -0.15) is 0 Å². The Morgan fingerprint density at radius 1 is 0.746 bits per heavy atom. The molecule has 4 unspecified atom stereocenters. The van der Waals surface area contributed by atoms with E-state index in [0.29, 0.717) is 19.8 Å². The number of morpholine rings is 1. The second kappa shape index (κ2) is 24.4. The lowest BCUT2D eigenvalue weighted by molar-refractivity contribution is -0.153. The lowest BCUT2D eigenvalue weighted by Gasteiger charge is -2.36. The largest absolute Gasteiger partial charge is 0.458 e. The fraction of sp³-hybridized carbons (Fsp3) is 0.614. The lowest BCUT2D eigenvalue weighted by Crippen LogP contribution is -2.60.